The Kier molecular flexibility index (Phi) is 7.50. The van der Waals surface area contributed by atoms with Crippen LogP contribution in [-0.4, -0.2) is 73.5 Å². The highest BCUT2D eigenvalue weighted by Crippen LogP contribution is 2.16. The zero-order chi connectivity index (χ0) is 16.9. The predicted octanol–water partition coefficient (Wildman–Crippen LogP) is 0.998. The number of hydrogen-bond acceptors (Lipinski definition) is 4. The van der Waals surface area contributed by atoms with E-state index in [9.17, 15) is 9.59 Å². The molecule has 8 heteroatoms. The first-order valence-corrected chi connectivity index (χ1v) is 8.77. The highest BCUT2D eigenvalue weighted by molar-refractivity contribution is 6.30. The molecule has 0 bridgehead atoms. The Hall–Kier alpha value is -1.34. The summed E-state index contributed by atoms with van der Waals surface area (Å²) in [6.07, 6.45) is 1.01. The molecule has 3 rings (SSSR count). The van der Waals surface area contributed by atoms with E-state index >= 15 is 0 Å². The van der Waals surface area contributed by atoms with Gasteiger partial charge in [0.15, 0.2) is 0 Å². The van der Waals surface area contributed by atoms with Crippen LogP contribution in [0.5, 0.6) is 0 Å². The van der Waals surface area contributed by atoms with E-state index in [0.717, 1.165) is 45.7 Å². The minimum Gasteiger partial charge on any atom is -0.343 e. The molecule has 0 aromatic heterocycles. The molecule has 1 aromatic rings. The van der Waals surface area contributed by atoms with Crippen molar-refractivity contribution >= 4 is 35.8 Å². The molecule has 2 saturated heterocycles. The molecule has 1 aromatic carbocycles. The Bertz CT molecular complexity index is 608. The molecular formula is C17H24Cl2N4O2. The number of halogens is 2. The Morgan fingerprint density at radius 3 is 2.72 bits per heavy atom. The second-order valence-corrected chi connectivity index (χ2v) is 6.70. The minimum atomic E-state index is -0.274. The summed E-state index contributed by atoms with van der Waals surface area (Å²) in [6.45, 7) is 5.66. The van der Waals surface area contributed by atoms with E-state index in [1.165, 1.54) is 0 Å². The van der Waals surface area contributed by atoms with Crippen LogP contribution in [0.25, 0.3) is 0 Å². The summed E-state index contributed by atoms with van der Waals surface area (Å²) in [5, 5.41) is 6.54. The van der Waals surface area contributed by atoms with Crippen LogP contribution in [0, 0.1) is 0 Å². The lowest BCUT2D eigenvalue weighted by atomic mass is 10.2. The monoisotopic (exact) mass is 386 g/mol. The van der Waals surface area contributed by atoms with E-state index in [2.05, 4.69) is 15.5 Å². The smallest absolute Gasteiger partial charge is 0.251 e. The molecule has 2 heterocycles. The van der Waals surface area contributed by atoms with Crippen molar-refractivity contribution in [3.63, 3.8) is 0 Å². The molecule has 25 heavy (non-hydrogen) atoms. The molecule has 2 amide bonds. The van der Waals surface area contributed by atoms with Gasteiger partial charge in [-0.1, -0.05) is 17.7 Å². The minimum absolute atomic E-state index is 0. The third-order valence-corrected chi connectivity index (χ3v) is 4.91. The number of carbonyl (C=O) groups excluding carboxylic acids is 2. The van der Waals surface area contributed by atoms with Gasteiger partial charge in [0.2, 0.25) is 5.91 Å². The van der Waals surface area contributed by atoms with Crippen molar-refractivity contribution in [2.45, 2.75) is 12.5 Å². The maximum Gasteiger partial charge on any atom is 0.251 e. The first-order chi connectivity index (χ1) is 11.6. The molecule has 6 nitrogen and oxygen atoms in total. The molecular weight excluding hydrogens is 363 g/mol. The molecule has 1 atom stereocenters. The van der Waals surface area contributed by atoms with E-state index in [1.807, 2.05) is 4.90 Å². The van der Waals surface area contributed by atoms with Crippen molar-refractivity contribution in [2.24, 2.45) is 0 Å². The number of nitrogens with one attached hydrogen (secondary N) is 2. The lowest BCUT2D eigenvalue weighted by Crippen LogP contribution is -2.49. The van der Waals surface area contributed by atoms with Crippen molar-refractivity contribution in [1.29, 1.82) is 0 Å². The Labute approximate surface area is 159 Å². The molecule has 2 aliphatic rings. The average molecular weight is 387 g/mol. The molecule has 2 aliphatic heterocycles. The number of hydrogen-bond donors (Lipinski definition) is 2. The van der Waals surface area contributed by atoms with E-state index in [4.69, 9.17) is 11.6 Å². The Balaban J connectivity index is 0.00000225. The third-order valence-electron chi connectivity index (χ3n) is 4.67. The summed E-state index contributed by atoms with van der Waals surface area (Å²) in [4.78, 5) is 28.7. The lowest BCUT2D eigenvalue weighted by Gasteiger charge is -2.32. The fourth-order valence-corrected chi connectivity index (χ4v) is 3.50. The quantitative estimate of drug-likeness (QED) is 0.809. The van der Waals surface area contributed by atoms with Gasteiger partial charge in [-0.25, -0.2) is 0 Å². The number of benzene rings is 1. The molecule has 138 valence electrons. The molecule has 2 N–H and O–H groups in total. The Morgan fingerprint density at radius 1 is 1.24 bits per heavy atom. The molecule has 0 spiro atoms. The standard InChI is InChI=1S/C17H23ClN4O2.ClH/c18-14-3-1-2-13(10-14)17(24)20-11-16(23)22-7-4-15(12-22)21-8-5-19-6-9-21;/h1-3,10,15,19H,4-9,11-12H2,(H,20,24);1H. The van der Waals surface area contributed by atoms with Crippen molar-refractivity contribution in [3.8, 4) is 0 Å². The van der Waals surface area contributed by atoms with Gasteiger partial charge in [0, 0.05) is 55.9 Å². The van der Waals surface area contributed by atoms with Crippen LogP contribution in [-0.2, 0) is 4.79 Å². The molecule has 1 unspecified atom stereocenters. The SMILES string of the molecule is Cl.O=C(NCC(=O)N1CCC(N2CCNCC2)C1)c1cccc(Cl)c1. The fraction of sp³-hybridized carbons (Fsp3) is 0.529. The summed E-state index contributed by atoms with van der Waals surface area (Å²) in [5.74, 6) is -0.299. The van der Waals surface area contributed by atoms with Crippen molar-refractivity contribution in [1.82, 2.24) is 20.4 Å². The van der Waals surface area contributed by atoms with Gasteiger partial charge in [-0.05, 0) is 24.6 Å². The van der Waals surface area contributed by atoms with Crippen LogP contribution in [0.15, 0.2) is 24.3 Å². The summed E-state index contributed by atoms with van der Waals surface area (Å²) in [7, 11) is 0. The van der Waals surface area contributed by atoms with Gasteiger partial charge in [0.25, 0.3) is 5.91 Å². The predicted molar refractivity (Wildman–Crippen MR) is 100 cm³/mol. The lowest BCUT2D eigenvalue weighted by molar-refractivity contribution is -0.129. The highest BCUT2D eigenvalue weighted by atomic mass is 35.5. The van der Waals surface area contributed by atoms with Crippen LogP contribution in [0.2, 0.25) is 5.02 Å². The third kappa shape index (κ3) is 5.31. The van der Waals surface area contributed by atoms with E-state index in [-0.39, 0.29) is 30.8 Å². The highest BCUT2D eigenvalue weighted by Gasteiger charge is 2.30. The fourth-order valence-electron chi connectivity index (χ4n) is 3.31. The van der Waals surface area contributed by atoms with Gasteiger partial charge in [-0.15, -0.1) is 12.4 Å². The largest absolute Gasteiger partial charge is 0.343 e. The van der Waals surface area contributed by atoms with E-state index in [1.54, 1.807) is 24.3 Å². The second-order valence-electron chi connectivity index (χ2n) is 6.26. The number of amides is 2. The summed E-state index contributed by atoms with van der Waals surface area (Å²) in [6, 6.07) is 7.15. The number of piperazine rings is 1. The first-order valence-electron chi connectivity index (χ1n) is 8.40. The van der Waals surface area contributed by atoms with Crippen molar-refractivity contribution in [2.75, 3.05) is 45.8 Å². The first kappa shape index (κ1) is 20.0. The van der Waals surface area contributed by atoms with Gasteiger partial charge in [0.1, 0.15) is 0 Å². The molecule has 2 fully saturated rings. The van der Waals surface area contributed by atoms with Crippen LogP contribution in [0.1, 0.15) is 16.8 Å². The van der Waals surface area contributed by atoms with Gasteiger partial charge < -0.3 is 15.5 Å². The van der Waals surface area contributed by atoms with Crippen molar-refractivity contribution in [3.05, 3.63) is 34.9 Å². The Morgan fingerprint density at radius 2 is 2.00 bits per heavy atom. The zero-order valence-corrected chi connectivity index (χ0v) is 15.6. The summed E-state index contributed by atoms with van der Waals surface area (Å²) < 4.78 is 0. The van der Waals surface area contributed by atoms with Crippen LogP contribution in [0.4, 0.5) is 0 Å². The maximum absolute atomic E-state index is 12.3. The number of rotatable bonds is 4. The van der Waals surface area contributed by atoms with E-state index in [0.29, 0.717) is 16.6 Å². The number of likely N-dealkylation sites (tertiary alicyclic amines) is 1. The normalized spacial score (nSPS) is 20.8. The summed E-state index contributed by atoms with van der Waals surface area (Å²) >= 11 is 5.88. The van der Waals surface area contributed by atoms with Crippen LogP contribution < -0.4 is 10.6 Å². The van der Waals surface area contributed by atoms with Gasteiger partial charge in [-0.3, -0.25) is 14.5 Å². The maximum atomic E-state index is 12.3. The average Bonchev–Trinajstić information content (AvgIpc) is 3.10. The van der Waals surface area contributed by atoms with Gasteiger partial charge in [-0.2, -0.15) is 0 Å². The topological polar surface area (TPSA) is 64.7 Å². The van der Waals surface area contributed by atoms with Crippen LogP contribution >= 0.6 is 24.0 Å². The van der Waals surface area contributed by atoms with E-state index < -0.39 is 0 Å². The molecule has 0 saturated carbocycles. The zero-order valence-electron chi connectivity index (χ0n) is 14.0. The van der Waals surface area contributed by atoms with Crippen LogP contribution in [0.3, 0.4) is 0 Å². The second kappa shape index (κ2) is 9.38. The van der Waals surface area contributed by atoms with Crippen molar-refractivity contribution < 1.29 is 9.59 Å². The number of carbonyl (C=O) groups is 2. The summed E-state index contributed by atoms with van der Waals surface area (Å²) in [5.41, 5.74) is 0.468. The molecule has 0 radical (unpaired) electrons. The van der Waals surface area contributed by atoms with Gasteiger partial charge >= 0.3 is 0 Å². The van der Waals surface area contributed by atoms with Gasteiger partial charge in [0.05, 0.1) is 6.54 Å². The molecule has 0 aliphatic carbocycles. The number of nitrogens with zero attached hydrogens (tertiary/aromatic N) is 2.